The van der Waals surface area contributed by atoms with Gasteiger partial charge in [-0.25, -0.2) is 4.79 Å². The summed E-state index contributed by atoms with van der Waals surface area (Å²) in [6.45, 7) is 7.02. The predicted molar refractivity (Wildman–Crippen MR) is 226 cm³/mol. The molecule has 4 aromatic rings. The standard InChI is InChI=1S/C45H57N7O8/c1-5-27(4)41(51-42(56)35(19-29-15-17-30(53)18-16-29)47-23-39(54)33(22-46)26(2)3)43(57)50-36-21-32-31-13-9-10-14-34(31)48-38(32)24-52(44(36)58)25-40(55)49-37(45(59)60)20-28-11-7-6-8-12-28/h6-18,26-27,33,35-37,41,47-48,53H,5,19-25,46H2,1-4H3,(H,49,55)(H,50,57)(H,51,56)(H,59,60). The van der Waals surface area contributed by atoms with Crippen molar-refractivity contribution in [1.82, 2.24) is 31.2 Å². The lowest BCUT2D eigenvalue weighted by atomic mass is 9.91. The largest absolute Gasteiger partial charge is 0.508 e. The molecule has 9 N–H and O–H groups in total. The quantitative estimate of drug-likeness (QED) is 0.0649. The predicted octanol–water partition coefficient (Wildman–Crippen LogP) is 2.59. The number of hydrogen-bond donors (Lipinski definition) is 8. The van der Waals surface area contributed by atoms with Crippen LogP contribution in [-0.2, 0) is 54.6 Å². The molecule has 0 saturated heterocycles. The Hall–Kier alpha value is -6.06. The number of aliphatic carboxylic acids is 1. The second-order valence-corrected chi connectivity index (χ2v) is 16.0. The number of nitrogens with zero attached hydrogens (tertiary/aromatic N) is 1. The van der Waals surface area contributed by atoms with Crippen LogP contribution >= 0.6 is 0 Å². The highest BCUT2D eigenvalue weighted by atomic mass is 16.4. The van der Waals surface area contributed by atoms with Crippen LogP contribution in [0.2, 0.25) is 0 Å². The van der Waals surface area contributed by atoms with Crippen molar-refractivity contribution in [3.8, 4) is 5.75 Å². The van der Waals surface area contributed by atoms with Crippen LogP contribution < -0.4 is 27.0 Å². The number of phenols is 1. The van der Waals surface area contributed by atoms with E-state index >= 15 is 0 Å². The van der Waals surface area contributed by atoms with E-state index in [1.165, 1.54) is 17.0 Å². The number of nitrogens with one attached hydrogen (secondary N) is 5. The van der Waals surface area contributed by atoms with E-state index < -0.39 is 72.1 Å². The Kier molecular flexibility index (Phi) is 15.6. The van der Waals surface area contributed by atoms with Crippen molar-refractivity contribution in [2.45, 2.75) is 84.1 Å². The second kappa shape index (κ2) is 20.8. The molecule has 3 aromatic carbocycles. The van der Waals surface area contributed by atoms with E-state index in [1.807, 2.05) is 52.0 Å². The number of nitrogens with two attached hydrogens (primary N) is 1. The molecule has 6 atom stereocenters. The summed E-state index contributed by atoms with van der Waals surface area (Å²) in [4.78, 5) is 86.3. The van der Waals surface area contributed by atoms with Crippen molar-refractivity contribution in [3.05, 3.63) is 101 Å². The van der Waals surface area contributed by atoms with Gasteiger partial charge in [-0.05, 0) is 53.1 Å². The molecule has 15 heteroatoms. The summed E-state index contributed by atoms with van der Waals surface area (Å²) in [5.41, 5.74) is 9.57. The van der Waals surface area contributed by atoms with Crippen LogP contribution in [0.15, 0.2) is 78.9 Å². The molecule has 15 nitrogen and oxygen atoms in total. The van der Waals surface area contributed by atoms with Crippen molar-refractivity contribution in [3.63, 3.8) is 0 Å². The van der Waals surface area contributed by atoms with Gasteiger partial charge in [0.1, 0.15) is 30.4 Å². The zero-order chi connectivity index (χ0) is 43.5. The minimum Gasteiger partial charge on any atom is -0.508 e. The van der Waals surface area contributed by atoms with E-state index in [9.17, 15) is 39.0 Å². The number of carbonyl (C=O) groups excluding carboxylic acids is 5. The highest BCUT2D eigenvalue weighted by Crippen LogP contribution is 2.28. The van der Waals surface area contributed by atoms with Gasteiger partial charge in [-0.2, -0.15) is 0 Å². The summed E-state index contributed by atoms with van der Waals surface area (Å²) < 4.78 is 0. The van der Waals surface area contributed by atoms with Crippen LogP contribution in [0.25, 0.3) is 10.9 Å². The number of rotatable bonds is 20. The molecule has 2 heterocycles. The maximum atomic E-state index is 14.4. The van der Waals surface area contributed by atoms with Crippen molar-refractivity contribution in [2.24, 2.45) is 23.5 Å². The van der Waals surface area contributed by atoms with E-state index in [4.69, 9.17) is 5.73 Å². The van der Waals surface area contributed by atoms with Crippen LogP contribution in [0.3, 0.4) is 0 Å². The molecule has 0 spiro atoms. The van der Waals surface area contributed by atoms with Gasteiger partial charge < -0.3 is 41.8 Å². The summed E-state index contributed by atoms with van der Waals surface area (Å²) in [5, 5.41) is 32.1. The van der Waals surface area contributed by atoms with Gasteiger partial charge in [0.05, 0.1) is 19.1 Å². The van der Waals surface area contributed by atoms with Crippen molar-refractivity contribution < 1.29 is 39.0 Å². The lowest BCUT2D eigenvalue weighted by molar-refractivity contribution is -0.143. The number of carboxylic acids is 1. The Morgan fingerprint density at radius 2 is 1.52 bits per heavy atom. The first-order valence-corrected chi connectivity index (χ1v) is 20.5. The third kappa shape index (κ3) is 11.6. The first-order chi connectivity index (χ1) is 28.7. The van der Waals surface area contributed by atoms with Crippen LogP contribution in [0.4, 0.5) is 0 Å². The zero-order valence-corrected chi connectivity index (χ0v) is 34.6. The van der Waals surface area contributed by atoms with E-state index in [1.54, 1.807) is 42.5 Å². The third-order valence-electron chi connectivity index (χ3n) is 11.3. The molecule has 1 aliphatic rings. The topological polar surface area (TPSA) is 236 Å². The Balaban J connectivity index is 1.38. The van der Waals surface area contributed by atoms with E-state index in [0.29, 0.717) is 23.2 Å². The van der Waals surface area contributed by atoms with Crippen molar-refractivity contribution in [1.29, 1.82) is 0 Å². The monoisotopic (exact) mass is 823 g/mol. The number of carbonyl (C=O) groups is 6. The first kappa shape index (κ1) is 45.0. The molecular weight excluding hydrogens is 767 g/mol. The molecular formula is C45H57N7O8. The van der Waals surface area contributed by atoms with Gasteiger partial charge in [0, 0.05) is 41.9 Å². The number of benzene rings is 3. The summed E-state index contributed by atoms with van der Waals surface area (Å²) in [6.07, 6.45) is 0.751. The van der Waals surface area contributed by atoms with E-state index in [2.05, 4.69) is 26.3 Å². The van der Waals surface area contributed by atoms with E-state index in [0.717, 1.165) is 16.5 Å². The number of Topliss-reactive ketones (excluding diaryl/α,β-unsaturated/α-hetero) is 1. The number of aromatic nitrogens is 1. The van der Waals surface area contributed by atoms with Crippen LogP contribution in [-0.4, -0.2) is 99.3 Å². The fourth-order valence-corrected chi connectivity index (χ4v) is 7.59. The van der Waals surface area contributed by atoms with Crippen LogP contribution in [0, 0.1) is 17.8 Å². The molecule has 1 aromatic heterocycles. The minimum atomic E-state index is -1.25. The number of H-pyrrole nitrogens is 1. The lowest BCUT2D eigenvalue weighted by Crippen LogP contribution is -2.59. The normalized spacial score (nSPS) is 16.5. The second-order valence-electron chi connectivity index (χ2n) is 16.0. The number of ketones is 1. The summed E-state index contributed by atoms with van der Waals surface area (Å²) in [7, 11) is 0. The Morgan fingerprint density at radius 1 is 0.867 bits per heavy atom. The fraction of sp³-hybridized carbons (Fsp3) is 0.422. The smallest absolute Gasteiger partial charge is 0.326 e. The van der Waals surface area contributed by atoms with Gasteiger partial charge in [0.2, 0.25) is 23.6 Å². The van der Waals surface area contributed by atoms with E-state index in [-0.39, 0.29) is 56.3 Å². The maximum absolute atomic E-state index is 14.4. The number of carboxylic acid groups (broad SMARTS) is 1. The zero-order valence-electron chi connectivity index (χ0n) is 34.6. The molecule has 0 bridgehead atoms. The number of fused-ring (bicyclic) bond motifs is 3. The molecule has 1 aliphatic heterocycles. The SMILES string of the molecule is CCC(C)C(NC(=O)C(Cc1ccc(O)cc1)NCC(=O)C(CN)C(C)C)C(=O)NC1Cc2c([nH]c3ccccc23)CN(CC(=O)NC(Cc2ccccc2)C(=O)O)C1=O. The minimum absolute atomic E-state index is 0.00423. The molecule has 6 unspecified atom stereocenters. The Labute approximate surface area is 349 Å². The van der Waals surface area contributed by atoms with Crippen molar-refractivity contribution in [2.75, 3.05) is 19.6 Å². The highest BCUT2D eigenvalue weighted by molar-refractivity contribution is 5.96. The Morgan fingerprint density at radius 3 is 2.17 bits per heavy atom. The third-order valence-corrected chi connectivity index (χ3v) is 11.3. The lowest BCUT2D eigenvalue weighted by Gasteiger charge is -2.30. The molecule has 0 fully saturated rings. The van der Waals surface area contributed by atoms with Gasteiger partial charge >= 0.3 is 5.97 Å². The van der Waals surface area contributed by atoms with Gasteiger partial charge in [0.25, 0.3) is 0 Å². The number of amides is 4. The Bertz CT molecular complexity index is 2140. The van der Waals surface area contributed by atoms with Gasteiger partial charge in [-0.3, -0.25) is 29.3 Å². The van der Waals surface area contributed by atoms with Crippen LogP contribution in [0.5, 0.6) is 5.75 Å². The summed E-state index contributed by atoms with van der Waals surface area (Å²) in [5.74, 6) is -4.53. The first-order valence-electron chi connectivity index (χ1n) is 20.5. The average molecular weight is 824 g/mol. The highest BCUT2D eigenvalue weighted by Gasteiger charge is 2.37. The number of para-hydroxylation sites is 1. The number of aromatic amines is 1. The molecule has 320 valence electrons. The number of phenolic OH excluding ortho intramolecular Hbond substituents is 1. The van der Waals surface area contributed by atoms with Crippen molar-refractivity contribution >= 4 is 46.3 Å². The summed E-state index contributed by atoms with van der Waals surface area (Å²) >= 11 is 0. The van der Waals surface area contributed by atoms with Gasteiger partial charge in [-0.1, -0.05) is 94.8 Å². The fourth-order valence-electron chi connectivity index (χ4n) is 7.59. The molecule has 5 rings (SSSR count). The molecule has 0 aliphatic carbocycles. The van der Waals surface area contributed by atoms with Gasteiger partial charge in [-0.15, -0.1) is 0 Å². The van der Waals surface area contributed by atoms with Crippen LogP contribution in [0.1, 0.15) is 56.5 Å². The maximum Gasteiger partial charge on any atom is 0.326 e. The van der Waals surface area contributed by atoms with Gasteiger partial charge in [0.15, 0.2) is 5.78 Å². The summed E-state index contributed by atoms with van der Waals surface area (Å²) in [6, 6.07) is 18.3. The average Bonchev–Trinajstić information content (AvgIpc) is 3.51. The number of aromatic hydroxyl groups is 1. The molecule has 0 radical (unpaired) electrons. The number of hydrogen-bond acceptors (Lipinski definition) is 9. The molecule has 4 amide bonds. The molecule has 0 saturated carbocycles. The molecule has 60 heavy (non-hydrogen) atoms.